The Balaban J connectivity index is 2.24. The van der Waals surface area contributed by atoms with Crippen LogP contribution in [0.1, 0.15) is 36.5 Å². The molecule has 0 radical (unpaired) electrons. The second kappa shape index (κ2) is 7.49. The molecule has 0 bridgehead atoms. The summed E-state index contributed by atoms with van der Waals surface area (Å²) in [6.07, 6.45) is 0.352. The van der Waals surface area contributed by atoms with Gasteiger partial charge in [-0.3, -0.25) is 4.79 Å². The average molecular weight is 350 g/mol. The van der Waals surface area contributed by atoms with Crippen LogP contribution in [0.4, 0.5) is 0 Å². The van der Waals surface area contributed by atoms with Crippen molar-refractivity contribution in [1.82, 2.24) is 15.1 Å². The summed E-state index contributed by atoms with van der Waals surface area (Å²) >= 11 is 6.16. The Hall–Kier alpha value is -2.34. The lowest BCUT2D eigenvalue weighted by Crippen LogP contribution is -2.41. The van der Waals surface area contributed by atoms with Crippen molar-refractivity contribution in [1.29, 1.82) is 0 Å². The minimum absolute atomic E-state index is 0.147. The standard InChI is InChI=1S/C17H20ClN3O3/c1-10(2)8-14(17(23)24)19-16(22)13-9-11(3)21(20-13)15-7-5-4-6-12(15)18/h4-7,9-10,14H,8H2,1-3H3,(H,19,22)(H,23,24)/t14-/m1/s1. The number of nitrogens with zero attached hydrogens (tertiary/aromatic N) is 2. The van der Waals surface area contributed by atoms with Gasteiger partial charge in [0.1, 0.15) is 6.04 Å². The molecule has 2 aromatic rings. The molecule has 1 heterocycles. The van der Waals surface area contributed by atoms with E-state index in [-0.39, 0.29) is 11.6 Å². The normalized spacial score (nSPS) is 12.2. The van der Waals surface area contributed by atoms with Crippen LogP contribution < -0.4 is 5.32 Å². The van der Waals surface area contributed by atoms with Crippen LogP contribution >= 0.6 is 11.6 Å². The number of carboxylic acids is 1. The molecular weight excluding hydrogens is 330 g/mol. The van der Waals surface area contributed by atoms with E-state index in [2.05, 4.69) is 10.4 Å². The van der Waals surface area contributed by atoms with Crippen LogP contribution in [0.2, 0.25) is 5.02 Å². The Morgan fingerprint density at radius 1 is 1.33 bits per heavy atom. The van der Waals surface area contributed by atoms with Gasteiger partial charge in [-0.05, 0) is 37.5 Å². The number of hydrogen-bond donors (Lipinski definition) is 2. The number of carbonyl (C=O) groups is 2. The molecule has 0 aliphatic rings. The Kier molecular flexibility index (Phi) is 5.62. The monoisotopic (exact) mass is 349 g/mol. The third-order valence-corrected chi connectivity index (χ3v) is 3.83. The number of aliphatic carboxylic acids is 1. The van der Waals surface area contributed by atoms with Gasteiger partial charge in [0.05, 0.1) is 10.7 Å². The van der Waals surface area contributed by atoms with Crippen molar-refractivity contribution in [3.8, 4) is 5.69 Å². The number of carboxylic acid groups (broad SMARTS) is 1. The van der Waals surface area contributed by atoms with Gasteiger partial charge in [-0.1, -0.05) is 37.6 Å². The van der Waals surface area contributed by atoms with Crippen LogP contribution in [0.15, 0.2) is 30.3 Å². The molecule has 0 spiro atoms. The van der Waals surface area contributed by atoms with Gasteiger partial charge in [-0.15, -0.1) is 0 Å². The van der Waals surface area contributed by atoms with Crippen molar-refractivity contribution in [2.24, 2.45) is 5.92 Å². The fourth-order valence-corrected chi connectivity index (χ4v) is 2.59. The van der Waals surface area contributed by atoms with E-state index in [4.69, 9.17) is 11.6 Å². The molecule has 0 saturated heterocycles. The molecule has 2 rings (SSSR count). The zero-order chi connectivity index (χ0) is 17.9. The van der Waals surface area contributed by atoms with Crippen LogP contribution in [0.5, 0.6) is 0 Å². The molecule has 7 heteroatoms. The van der Waals surface area contributed by atoms with Gasteiger partial charge in [0.25, 0.3) is 5.91 Å². The highest BCUT2D eigenvalue weighted by Gasteiger charge is 2.23. The molecular formula is C17H20ClN3O3. The van der Waals surface area contributed by atoms with Gasteiger partial charge in [0, 0.05) is 5.69 Å². The van der Waals surface area contributed by atoms with Crippen LogP contribution in [0.25, 0.3) is 5.69 Å². The minimum atomic E-state index is -1.06. The van der Waals surface area contributed by atoms with Crippen molar-refractivity contribution in [2.75, 3.05) is 0 Å². The lowest BCUT2D eigenvalue weighted by Gasteiger charge is -2.15. The molecule has 1 aromatic carbocycles. The predicted molar refractivity (Wildman–Crippen MR) is 91.7 cm³/mol. The van der Waals surface area contributed by atoms with Crippen LogP contribution in [0, 0.1) is 12.8 Å². The molecule has 0 fully saturated rings. The number of amides is 1. The molecule has 0 aliphatic heterocycles. The summed E-state index contributed by atoms with van der Waals surface area (Å²) in [4.78, 5) is 23.6. The lowest BCUT2D eigenvalue weighted by molar-refractivity contribution is -0.139. The zero-order valence-electron chi connectivity index (χ0n) is 13.8. The third kappa shape index (κ3) is 4.14. The Labute approximate surface area is 145 Å². The van der Waals surface area contributed by atoms with Gasteiger partial charge in [0.15, 0.2) is 5.69 Å². The van der Waals surface area contributed by atoms with E-state index in [1.165, 1.54) is 0 Å². The number of nitrogens with one attached hydrogen (secondary N) is 1. The fraction of sp³-hybridized carbons (Fsp3) is 0.353. The molecule has 0 saturated carbocycles. The van der Waals surface area contributed by atoms with Crippen molar-refractivity contribution in [3.63, 3.8) is 0 Å². The summed E-state index contributed by atoms with van der Waals surface area (Å²) in [6.45, 7) is 5.60. The molecule has 24 heavy (non-hydrogen) atoms. The van der Waals surface area contributed by atoms with Gasteiger partial charge in [0.2, 0.25) is 0 Å². The predicted octanol–water partition coefficient (Wildman–Crippen LogP) is 3.06. The first kappa shape index (κ1) is 18.0. The van der Waals surface area contributed by atoms with E-state index in [9.17, 15) is 14.7 Å². The van der Waals surface area contributed by atoms with Crippen LogP contribution in [0.3, 0.4) is 0 Å². The van der Waals surface area contributed by atoms with Gasteiger partial charge in [-0.25, -0.2) is 9.48 Å². The first-order valence-corrected chi connectivity index (χ1v) is 8.02. The number of benzene rings is 1. The van der Waals surface area contributed by atoms with Crippen molar-refractivity contribution >= 4 is 23.5 Å². The van der Waals surface area contributed by atoms with E-state index < -0.39 is 17.9 Å². The molecule has 1 aromatic heterocycles. The quantitative estimate of drug-likeness (QED) is 0.839. The number of aryl methyl sites for hydroxylation is 1. The largest absolute Gasteiger partial charge is 0.480 e. The molecule has 0 aliphatic carbocycles. The average Bonchev–Trinajstić information content (AvgIpc) is 2.88. The summed E-state index contributed by atoms with van der Waals surface area (Å²) in [7, 11) is 0. The molecule has 128 valence electrons. The summed E-state index contributed by atoms with van der Waals surface area (Å²) in [5.74, 6) is -1.43. The molecule has 6 nitrogen and oxygen atoms in total. The summed E-state index contributed by atoms with van der Waals surface area (Å²) in [5.41, 5.74) is 1.54. The fourth-order valence-electron chi connectivity index (χ4n) is 2.38. The van der Waals surface area contributed by atoms with Gasteiger partial charge >= 0.3 is 5.97 Å². The smallest absolute Gasteiger partial charge is 0.326 e. The van der Waals surface area contributed by atoms with Crippen molar-refractivity contribution in [2.45, 2.75) is 33.2 Å². The summed E-state index contributed by atoms with van der Waals surface area (Å²) in [6, 6.07) is 7.83. The van der Waals surface area contributed by atoms with Gasteiger partial charge in [-0.2, -0.15) is 5.10 Å². The maximum atomic E-state index is 12.3. The van der Waals surface area contributed by atoms with E-state index in [0.717, 1.165) is 5.69 Å². The highest BCUT2D eigenvalue weighted by molar-refractivity contribution is 6.32. The minimum Gasteiger partial charge on any atom is -0.480 e. The molecule has 1 amide bonds. The number of aromatic nitrogens is 2. The first-order valence-electron chi connectivity index (χ1n) is 7.64. The zero-order valence-corrected chi connectivity index (χ0v) is 14.5. The number of hydrogen-bond acceptors (Lipinski definition) is 3. The van der Waals surface area contributed by atoms with E-state index in [1.807, 2.05) is 26.0 Å². The number of halogens is 1. The first-order chi connectivity index (χ1) is 11.3. The highest BCUT2D eigenvalue weighted by atomic mass is 35.5. The van der Waals surface area contributed by atoms with Gasteiger partial charge < -0.3 is 10.4 Å². The van der Waals surface area contributed by atoms with E-state index >= 15 is 0 Å². The summed E-state index contributed by atoms with van der Waals surface area (Å²) < 4.78 is 1.56. The van der Waals surface area contributed by atoms with E-state index in [1.54, 1.807) is 29.8 Å². The Morgan fingerprint density at radius 3 is 2.58 bits per heavy atom. The number of rotatable bonds is 6. The molecule has 0 unspecified atom stereocenters. The number of para-hydroxylation sites is 1. The van der Waals surface area contributed by atoms with Crippen molar-refractivity contribution in [3.05, 3.63) is 46.7 Å². The lowest BCUT2D eigenvalue weighted by atomic mass is 10.0. The third-order valence-electron chi connectivity index (χ3n) is 3.51. The van der Waals surface area contributed by atoms with Crippen LogP contribution in [-0.2, 0) is 4.79 Å². The second-order valence-electron chi connectivity index (χ2n) is 6.03. The number of carbonyl (C=O) groups excluding carboxylic acids is 1. The highest BCUT2D eigenvalue weighted by Crippen LogP contribution is 2.21. The Bertz CT molecular complexity index is 755. The summed E-state index contributed by atoms with van der Waals surface area (Å²) in [5, 5.41) is 16.5. The molecule has 1 atom stereocenters. The SMILES string of the molecule is Cc1cc(C(=O)N[C@H](CC(C)C)C(=O)O)nn1-c1ccccc1Cl. The molecule has 2 N–H and O–H groups in total. The van der Waals surface area contributed by atoms with E-state index in [0.29, 0.717) is 17.1 Å². The maximum Gasteiger partial charge on any atom is 0.326 e. The topological polar surface area (TPSA) is 84.2 Å². The maximum absolute atomic E-state index is 12.3. The van der Waals surface area contributed by atoms with Crippen molar-refractivity contribution < 1.29 is 14.7 Å². The van der Waals surface area contributed by atoms with Crippen LogP contribution in [-0.4, -0.2) is 32.8 Å². The Morgan fingerprint density at radius 2 is 2.00 bits per heavy atom. The second-order valence-corrected chi connectivity index (χ2v) is 6.44.